The summed E-state index contributed by atoms with van der Waals surface area (Å²) in [4.78, 5) is 27.1. The number of para-hydroxylation sites is 1. The van der Waals surface area contributed by atoms with Crippen molar-refractivity contribution in [3.63, 3.8) is 0 Å². The third-order valence-electron chi connectivity index (χ3n) is 6.53. The van der Waals surface area contributed by atoms with Crippen LogP contribution in [0.15, 0.2) is 71.3 Å². The molecule has 10 nitrogen and oxygen atoms in total. The monoisotopic (exact) mass is 553 g/mol. The predicted octanol–water partition coefficient (Wildman–Crippen LogP) is 3.70. The van der Waals surface area contributed by atoms with Crippen LogP contribution in [0.5, 0.6) is 0 Å². The predicted molar refractivity (Wildman–Crippen MR) is 139 cm³/mol. The second kappa shape index (κ2) is 11.6. The van der Waals surface area contributed by atoms with Gasteiger partial charge in [-0.1, -0.05) is 41.5 Å². The number of halogens is 3. The highest BCUT2D eigenvalue weighted by atomic mass is 19.4. The second-order valence-electron chi connectivity index (χ2n) is 9.23. The maximum absolute atomic E-state index is 13.5. The van der Waals surface area contributed by atoms with Crippen LogP contribution in [-0.4, -0.2) is 58.0 Å². The zero-order chi connectivity index (χ0) is 28.1. The topological polar surface area (TPSA) is 118 Å². The van der Waals surface area contributed by atoms with E-state index in [0.717, 1.165) is 16.4 Å². The van der Waals surface area contributed by atoms with E-state index in [4.69, 9.17) is 4.42 Å². The molecular weight excluding hydrogens is 527 g/mol. The van der Waals surface area contributed by atoms with Crippen molar-refractivity contribution in [1.29, 1.82) is 0 Å². The quantitative estimate of drug-likeness (QED) is 0.320. The number of hydrogen-bond acceptors (Lipinski definition) is 7. The summed E-state index contributed by atoms with van der Waals surface area (Å²) in [5.41, 5.74) is -0.656. The highest BCUT2D eigenvalue weighted by Gasteiger charge is 2.39. The molecule has 1 aliphatic rings. The number of carbonyl (C=O) groups is 2. The van der Waals surface area contributed by atoms with Crippen molar-refractivity contribution in [3.05, 3.63) is 78.1 Å². The van der Waals surface area contributed by atoms with Gasteiger partial charge in [-0.25, -0.2) is 4.68 Å². The number of piperidine rings is 1. The summed E-state index contributed by atoms with van der Waals surface area (Å²) < 4.78 is 47.4. The molecule has 0 unspecified atom stereocenters. The van der Waals surface area contributed by atoms with Crippen molar-refractivity contribution >= 4 is 17.8 Å². The van der Waals surface area contributed by atoms with Gasteiger partial charge in [-0.2, -0.15) is 18.3 Å². The first-order chi connectivity index (χ1) is 19.3. The number of nitrogens with zero attached hydrogens (tertiary/aromatic N) is 5. The summed E-state index contributed by atoms with van der Waals surface area (Å²) >= 11 is 0. The Morgan fingerprint density at radius 1 is 0.925 bits per heavy atom. The van der Waals surface area contributed by atoms with Gasteiger partial charge < -0.3 is 20.0 Å². The largest absolute Gasteiger partial charge is 0.435 e. The van der Waals surface area contributed by atoms with Gasteiger partial charge in [0.05, 0.1) is 11.3 Å². The Bertz CT molecular complexity index is 1450. The SMILES string of the molecule is O=C(NCCNC(=O)C1CCN(c2nnc(-c3ccccc3)o2)CC1)c1cn(-c2ccccc2)nc1C(F)(F)F. The molecule has 208 valence electrons. The van der Waals surface area contributed by atoms with Crippen LogP contribution in [0.1, 0.15) is 28.9 Å². The van der Waals surface area contributed by atoms with Crippen LogP contribution in [0.3, 0.4) is 0 Å². The summed E-state index contributed by atoms with van der Waals surface area (Å²) in [6.07, 6.45) is -2.63. The van der Waals surface area contributed by atoms with Crippen LogP contribution in [0.2, 0.25) is 0 Å². The molecule has 2 amide bonds. The number of hydrogen-bond donors (Lipinski definition) is 2. The Morgan fingerprint density at radius 2 is 1.57 bits per heavy atom. The lowest BCUT2D eigenvalue weighted by atomic mass is 9.96. The first kappa shape index (κ1) is 26.9. The van der Waals surface area contributed by atoms with Gasteiger partial charge in [-0.15, -0.1) is 5.10 Å². The van der Waals surface area contributed by atoms with E-state index in [-0.39, 0.29) is 24.9 Å². The maximum atomic E-state index is 13.5. The molecule has 0 saturated carbocycles. The lowest BCUT2D eigenvalue weighted by molar-refractivity contribution is -0.141. The minimum Gasteiger partial charge on any atom is -0.403 e. The number of rotatable bonds is 8. The normalized spacial score (nSPS) is 14.2. The molecule has 2 aromatic carbocycles. The van der Waals surface area contributed by atoms with Gasteiger partial charge >= 0.3 is 12.2 Å². The van der Waals surface area contributed by atoms with Crippen molar-refractivity contribution in [3.8, 4) is 17.1 Å². The van der Waals surface area contributed by atoms with Crippen LogP contribution < -0.4 is 15.5 Å². The fourth-order valence-electron chi connectivity index (χ4n) is 4.44. The van der Waals surface area contributed by atoms with Gasteiger partial charge in [-0.05, 0) is 37.1 Å². The Morgan fingerprint density at radius 3 is 2.25 bits per heavy atom. The molecule has 0 radical (unpaired) electrons. The third-order valence-corrected chi connectivity index (χ3v) is 6.53. The fourth-order valence-corrected chi connectivity index (χ4v) is 4.44. The van der Waals surface area contributed by atoms with E-state index in [9.17, 15) is 22.8 Å². The summed E-state index contributed by atoms with van der Waals surface area (Å²) in [6.45, 7) is 1.14. The van der Waals surface area contributed by atoms with E-state index in [1.54, 1.807) is 30.3 Å². The molecule has 2 aromatic heterocycles. The zero-order valence-corrected chi connectivity index (χ0v) is 21.3. The van der Waals surface area contributed by atoms with E-state index < -0.39 is 23.3 Å². The third kappa shape index (κ3) is 6.14. The Hall–Kier alpha value is -4.68. The lowest BCUT2D eigenvalue weighted by Gasteiger charge is -2.29. The number of nitrogens with one attached hydrogen (secondary N) is 2. The second-order valence-corrected chi connectivity index (χ2v) is 9.23. The average Bonchev–Trinajstić information content (AvgIpc) is 3.65. The minimum absolute atomic E-state index is 0.0402. The molecule has 5 rings (SSSR count). The molecule has 4 aromatic rings. The lowest BCUT2D eigenvalue weighted by Crippen LogP contribution is -2.42. The summed E-state index contributed by atoms with van der Waals surface area (Å²) in [5, 5.41) is 17.0. The molecule has 1 saturated heterocycles. The first-order valence-electron chi connectivity index (χ1n) is 12.7. The van der Waals surface area contributed by atoms with Gasteiger partial charge in [0.2, 0.25) is 11.8 Å². The molecular formula is C27H26F3N7O3. The van der Waals surface area contributed by atoms with Crippen LogP contribution in [-0.2, 0) is 11.0 Å². The van der Waals surface area contributed by atoms with E-state index in [1.807, 2.05) is 35.2 Å². The van der Waals surface area contributed by atoms with Gasteiger partial charge in [-0.3, -0.25) is 9.59 Å². The molecule has 0 aliphatic carbocycles. The summed E-state index contributed by atoms with van der Waals surface area (Å²) in [7, 11) is 0. The molecule has 3 heterocycles. The number of alkyl halides is 3. The Balaban J connectivity index is 1.09. The number of amides is 2. The molecule has 40 heavy (non-hydrogen) atoms. The highest BCUT2D eigenvalue weighted by Crippen LogP contribution is 2.31. The highest BCUT2D eigenvalue weighted by molar-refractivity contribution is 5.95. The Labute approximate surface area is 227 Å². The molecule has 0 atom stereocenters. The van der Waals surface area contributed by atoms with E-state index >= 15 is 0 Å². The molecule has 0 spiro atoms. The Kier molecular flexibility index (Phi) is 7.80. The number of carbonyl (C=O) groups excluding carboxylic acids is 2. The van der Waals surface area contributed by atoms with Gasteiger partial charge in [0.25, 0.3) is 5.91 Å². The van der Waals surface area contributed by atoms with E-state index in [1.165, 1.54) is 0 Å². The first-order valence-corrected chi connectivity index (χ1v) is 12.7. The number of aromatic nitrogens is 4. The van der Waals surface area contributed by atoms with Crippen LogP contribution in [0.25, 0.3) is 17.1 Å². The standard InChI is InChI=1S/C27H26F3N7O3/c28-27(29,30)22-21(17-37(35-22)20-9-5-2-6-10-20)24(39)32-14-13-31-23(38)18-11-15-36(16-12-18)26-34-33-25(40-26)19-7-3-1-4-8-19/h1-10,17-18H,11-16H2,(H,31,38)(H,32,39). The van der Waals surface area contributed by atoms with Gasteiger partial charge in [0.1, 0.15) is 0 Å². The van der Waals surface area contributed by atoms with Gasteiger partial charge in [0.15, 0.2) is 5.69 Å². The van der Waals surface area contributed by atoms with Crippen LogP contribution in [0.4, 0.5) is 19.2 Å². The molecule has 1 aliphatic heterocycles. The van der Waals surface area contributed by atoms with E-state index in [0.29, 0.717) is 43.5 Å². The molecule has 13 heteroatoms. The van der Waals surface area contributed by atoms with Gasteiger partial charge in [0, 0.05) is 43.9 Å². The van der Waals surface area contributed by atoms with E-state index in [2.05, 4.69) is 25.9 Å². The van der Waals surface area contributed by atoms with Crippen molar-refractivity contribution in [2.24, 2.45) is 5.92 Å². The van der Waals surface area contributed by atoms with Crippen LogP contribution in [0, 0.1) is 5.92 Å². The number of benzene rings is 2. The summed E-state index contributed by atoms with van der Waals surface area (Å²) in [6, 6.07) is 18.0. The van der Waals surface area contributed by atoms with Crippen molar-refractivity contribution < 1.29 is 27.2 Å². The average molecular weight is 554 g/mol. The molecule has 0 bridgehead atoms. The number of anilines is 1. The molecule has 2 N–H and O–H groups in total. The van der Waals surface area contributed by atoms with Crippen LogP contribution >= 0.6 is 0 Å². The summed E-state index contributed by atoms with van der Waals surface area (Å²) in [5.74, 6) is -0.930. The molecule has 1 fully saturated rings. The smallest absolute Gasteiger partial charge is 0.403 e. The fraction of sp³-hybridized carbons (Fsp3) is 0.296. The van der Waals surface area contributed by atoms with Crippen molar-refractivity contribution in [2.75, 3.05) is 31.1 Å². The minimum atomic E-state index is -4.81. The van der Waals surface area contributed by atoms with Crippen molar-refractivity contribution in [1.82, 2.24) is 30.6 Å². The maximum Gasteiger partial charge on any atom is 0.435 e. The van der Waals surface area contributed by atoms with Crippen molar-refractivity contribution in [2.45, 2.75) is 19.0 Å². The zero-order valence-electron chi connectivity index (χ0n) is 21.3.